The predicted octanol–water partition coefficient (Wildman–Crippen LogP) is 3.90. The first kappa shape index (κ1) is 18.5. The van der Waals surface area contributed by atoms with Crippen molar-refractivity contribution in [3.05, 3.63) is 45.4 Å². The molecule has 0 aliphatic carbocycles. The molecule has 1 amide bonds. The van der Waals surface area contributed by atoms with E-state index >= 15 is 0 Å². The number of amides is 1. The summed E-state index contributed by atoms with van der Waals surface area (Å²) in [5.74, 6) is 0.386. The minimum atomic E-state index is -0.248. The van der Waals surface area contributed by atoms with E-state index in [-0.39, 0.29) is 11.3 Å². The Kier molecular flexibility index (Phi) is 4.20. The van der Waals surface area contributed by atoms with Crippen molar-refractivity contribution >= 4 is 32.7 Å². The molecule has 0 bridgehead atoms. The molecule has 0 spiro atoms. The fourth-order valence-corrected chi connectivity index (χ4v) is 4.32. The first-order valence-electron chi connectivity index (χ1n) is 8.84. The third-order valence-electron chi connectivity index (χ3n) is 5.26. The average Bonchev–Trinajstić information content (AvgIpc) is 2.99. The van der Waals surface area contributed by atoms with Gasteiger partial charge in [-0.05, 0) is 29.8 Å². The van der Waals surface area contributed by atoms with E-state index in [0.717, 1.165) is 32.2 Å². The molecule has 6 nitrogen and oxygen atoms in total. The standard InChI is InChI=1S/C21H19BrN4O2/c1-21(2)10-24-20(27)18-14(21)6-11(7-16(18)28-4)19-17-12(9-23)5-13(22)8-15(17)25-26(19)3/h5-8H,10H2,1-4H3,(H,24,27). The smallest absolute Gasteiger partial charge is 0.255 e. The van der Waals surface area contributed by atoms with E-state index in [2.05, 4.69) is 46.3 Å². The summed E-state index contributed by atoms with van der Waals surface area (Å²) < 4.78 is 8.16. The summed E-state index contributed by atoms with van der Waals surface area (Å²) in [4.78, 5) is 12.5. The van der Waals surface area contributed by atoms with Gasteiger partial charge in [0.25, 0.3) is 5.91 Å². The maximum absolute atomic E-state index is 12.5. The topological polar surface area (TPSA) is 79.9 Å². The first-order chi connectivity index (χ1) is 13.3. The van der Waals surface area contributed by atoms with Crippen molar-refractivity contribution in [2.24, 2.45) is 7.05 Å². The van der Waals surface area contributed by atoms with Crippen LogP contribution in [0.2, 0.25) is 0 Å². The highest BCUT2D eigenvalue weighted by Crippen LogP contribution is 2.41. The summed E-state index contributed by atoms with van der Waals surface area (Å²) in [5, 5.41) is 18.0. The van der Waals surface area contributed by atoms with Crippen molar-refractivity contribution < 1.29 is 9.53 Å². The lowest BCUT2D eigenvalue weighted by molar-refractivity contribution is 0.0926. The third-order valence-corrected chi connectivity index (χ3v) is 5.72. The van der Waals surface area contributed by atoms with Crippen molar-refractivity contribution in [2.45, 2.75) is 19.3 Å². The van der Waals surface area contributed by atoms with E-state index in [1.54, 1.807) is 17.9 Å². The number of ether oxygens (including phenoxy) is 1. The van der Waals surface area contributed by atoms with Crippen LogP contribution in [0.3, 0.4) is 0 Å². The van der Waals surface area contributed by atoms with Gasteiger partial charge in [0.15, 0.2) is 0 Å². The number of nitriles is 1. The van der Waals surface area contributed by atoms with Crippen molar-refractivity contribution in [1.82, 2.24) is 15.1 Å². The minimum absolute atomic E-state index is 0.130. The molecule has 1 aliphatic rings. The Morgan fingerprint density at radius 3 is 2.75 bits per heavy atom. The second-order valence-electron chi connectivity index (χ2n) is 7.60. The van der Waals surface area contributed by atoms with E-state index < -0.39 is 0 Å². The highest BCUT2D eigenvalue weighted by molar-refractivity contribution is 9.10. The van der Waals surface area contributed by atoms with Gasteiger partial charge in [-0.25, -0.2) is 0 Å². The number of nitrogens with zero attached hydrogens (tertiary/aromatic N) is 3. The summed E-state index contributed by atoms with van der Waals surface area (Å²) >= 11 is 3.44. The van der Waals surface area contributed by atoms with Crippen LogP contribution in [0.4, 0.5) is 0 Å². The van der Waals surface area contributed by atoms with Gasteiger partial charge >= 0.3 is 0 Å². The van der Waals surface area contributed by atoms with Gasteiger partial charge in [0.1, 0.15) is 5.75 Å². The van der Waals surface area contributed by atoms with Crippen LogP contribution in [-0.4, -0.2) is 29.3 Å². The fraction of sp³-hybridized carbons (Fsp3) is 0.286. The lowest BCUT2D eigenvalue weighted by atomic mass is 9.77. The van der Waals surface area contributed by atoms with Gasteiger partial charge in [0, 0.05) is 34.4 Å². The number of aryl methyl sites for hydroxylation is 1. The Morgan fingerprint density at radius 1 is 1.32 bits per heavy atom. The number of hydrogen-bond donors (Lipinski definition) is 1. The molecular formula is C21H19BrN4O2. The summed E-state index contributed by atoms with van der Waals surface area (Å²) in [6.07, 6.45) is 0. The van der Waals surface area contributed by atoms with Crippen molar-refractivity contribution in [3.8, 4) is 23.1 Å². The molecule has 0 atom stereocenters. The molecule has 0 fully saturated rings. The number of halogens is 1. The number of hydrogen-bond acceptors (Lipinski definition) is 4. The molecule has 28 heavy (non-hydrogen) atoms. The summed E-state index contributed by atoms with van der Waals surface area (Å²) in [6, 6.07) is 9.83. The second kappa shape index (κ2) is 6.35. The van der Waals surface area contributed by atoms with Crippen LogP contribution in [0.5, 0.6) is 5.75 Å². The van der Waals surface area contributed by atoms with E-state index in [4.69, 9.17) is 4.74 Å². The molecule has 4 rings (SSSR count). The summed E-state index contributed by atoms with van der Waals surface area (Å²) in [5.41, 5.74) is 4.21. The zero-order valence-electron chi connectivity index (χ0n) is 16.1. The van der Waals surface area contributed by atoms with Gasteiger partial charge in [0.05, 0.1) is 35.5 Å². The molecule has 3 aromatic rings. The van der Waals surface area contributed by atoms with Crippen LogP contribution in [0, 0.1) is 11.3 Å². The number of nitrogens with one attached hydrogen (secondary N) is 1. The van der Waals surface area contributed by atoms with E-state index in [9.17, 15) is 10.1 Å². The van der Waals surface area contributed by atoms with Crippen LogP contribution in [0.25, 0.3) is 22.2 Å². The molecule has 0 radical (unpaired) electrons. The predicted molar refractivity (Wildman–Crippen MR) is 110 cm³/mol. The largest absolute Gasteiger partial charge is 0.496 e. The van der Waals surface area contributed by atoms with Gasteiger partial charge < -0.3 is 10.1 Å². The number of carbonyl (C=O) groups excluding carboxylic acids is 1. The molecule has 2 aromatic carbocycles. The Bertz CT molecular complexity index is 1190. The third kappa shape index (κ3) is 2.68. The Morgan fingerprint density at radius 2 is 2.07 bits per heavy atom. The van der Waals surface area contributed by atoms with Crippen molar-refractivity contribution in [3.63, 3.8) is 0 Å². The summed E-state index contributed by atoms with van der Waals surface area (Å²) in [7, 11) is 3.42. The van der Waals surface area contributed by atoms with Gasteiger partial charge in [-0.2, -0.15) is 10.4 Å². The average molecular weight is 439 g/mol. The van der Waals surface area contributed by atoms with Crippen LogP contribution in [0.15, 0.2) is 28.7 Å². The molecule has 0 saturated carbocycles. The van der Waals surface area contributed by atoms with E-state index in [1.807, 2.05) is 25.2 Å². The normalized spacial score (nSPS) is 15.1. The zero-order valence-corrected chi connectivity index (χ0v) is 17.6. The highest BCUT2D eigenvalue weighted by Gasteiger charge is 2.35. The first-order valence-corrected chi connectivity index (χ1v) is 9.63. The van der Waals surface area contributed by atoms with E-state index in [1.165, 1.54) is 0 Å². The molecule has 7 heteroatoms. The number of methoxy groups -OCH3 is 1. The molecular weight excluding hydrogens is 420 g/mol. The highest BCUT2D eigenvalue weighted by atomic mass is 79.9. The fourth-order valence-electron chi connectivity index (χ4n) is 3.88. The molecule has 1 aliphatic heterocycles. The van der Waals surface area contributed by atoms with Gasteiger partial charge in [0.2, 0.25) is 0 Å². The van der Waals surface area contributed by atoms with Crippen LogP contribution in [0.1, 0.15) is 35.3 Å². The second-order valence-corrected chi connectivity index (χ2v) is 8.51. The molecule has 1 N–H and O–H groups in total. The van der Waals surface area contributed by atoms with Crippen LogP contribution in [-0.2, 0) is 12.5 Å². The molecule has 2 heterocycles. The quantitative estimate of drug-likeness (QED) is 0.657. The van der Waals surface area contributed by atoms with Gasteiger partial charge in [-0.1, -0.05) is 29.8 Å². The Labute approximate surface area is 171 Å². The molecule has 0 saturated heterocycles. The monoisotopic (exact) mass is 438 g/mol. The number of aromatic nitrogens is 2. The van der Waals surface area contributed by atoms with E-state index in [0.29, 0.717) is 23.4 Å². The maximum Gasteiger partial charge on any atom is 0.255 e. The van der Waals surface area contributed by atoms with Gasteiger partial charge in [-0.3, -0.25) is 9.48 Å². The SMILES string of the molecule is COc1cc(-c2c3c(C#N)cc(Br)cc3nn2C)cc2c1C(=O)NCC2(C)C. The zero-order chi connectivity index (χ0) is 20.2. The Hall–Kier alpha value is -2.85. The van der Waals surface area contributed by atoms with Crippen LogP contribution >= 0.6 is 15.9 Å². The number of fused-ring (bicyclic) bond motifs is 2. The molecule has 0 unspecified atom stereocenters. The van der Waals surface area contributed by atoms with Crippen molar-refractivity contribution in [2.75, 3.05) is 13.7 Å². The number of rotatable bonds is 2. The van der Waals surface area contributed by atoms with Crippen molar-refractivity contribution in [1.29, 1.82) is 5.26 Å². The lowest BCUT2D eigenvalue weighted by Crippen LogP contribution is -2.43. The van der Waals surface area contributed by atoms with Crippen LogP contribution < -0.4 is 10.1 Å². The summed E-state index contributed by atoms with van der Waals surface area (Å²) in [6.45, 7) is 4.73. The lowest BCUT2D eigenvalue weighted by Gasteiger charge is -2.33. The molecule has 142 valence electrons. The van der Waals surface area contributed by atoms with Gasteiger partial charge in [-0.15, -0.1) is 0 Å². The minimum Gasteiger partial charge on any atom is -0.496 e. The maximum atomic E-state index is 12.5. The number of carbonyl (C=O) groups is 1. The molecule has 1 aromatic heterocycles. The Balaban J connectivity index is 2.08. The number of benzene rings is 2.